The van der Waals surface area contributed by atoms with Crippen LogP contribution in [0.2, 0.25) is 0 Å². The molecule has 1 saturated carbocycles. The number of hydrogen-bond donors (Lipinski definition) is 0. The highest BCUT2D eigenvalue weighted by Gasteiger charge is 2.33. The molecule has 0 spiro atoms. The Morgan fingerprint density at radius 2 is 1.76 bits per heavy atom. The molecule has 0 N–H and O–H groups in total. The molecule has 1 aliphatic heterocycles. The maximum absolute atomic E-state index is 13.7. The second kappa shape index (κ2) is 11.2. The fraction of sp³-hybridized carbons (Fsp3) is 0.586. The normalized spacial score (nSPS) is 17.7. The van der Waals surface area contributed by atoms with E-state index in [1.54, 1.807) is 12.1 Å². The van der Waals surface area contributed by atoms with Crippen LogP contribution in [-0.4, -0.2) is 62.6 Å². The minimum absolute atomic E-state index is 0.0977. The molecule has 1 aliphatic carbocycles. The summed E-state index contributed by atoms with van der Waals surface area (Å²) in [4.78, 5) is 27.6. The molecule has 0 bridgehead atoms. The highest BCUT2D eigenvalue weighted by molar-refractivity contribution is 6.19. The highest BCUT2D eigenvalue weighted by Crippen LogP contribution is 2.32. The van der Waals surface area contributed by atoms with Crippen molar-refractivity contribution in [3.05, 3.63) is 41.6 Å². The van der Waals surface area contributed by atoms with Gasteiger partial charge in [-0.3, -0.25) is 4.79 Å². The largest absolute Gasteiger partial charge is 0.354 e. The minimum atomic E-state index is -0.584. The summed E-state index contributed by atoms with van der Waals surface area (Å²) < 4.78 is 15.5. The molecule has 9 heteroatoms. The maximum Gasteiger partial charge on any atom is 0.229 e. The number of halogens is 2. The fourth-order valence-electron chi connectivity index (χ4n) is 5.75. The van der Waals surface area contributed by atoms with Gasteiger partial charge in [-0.15, -0.1) is 11.6 Å². The van der Waals surface area contributed by atoms with Crippen LogP contribution in [0.25, 0.3) is 16.7 Å². The van der Waals surface area contributed by atoms with Gasteiger partial charge in [0.05, 0.1) is 22.2 Å². The van der Waals surface area contributed by atoms with Crippen molar-refractivity contribution in [3.63, 3.8) is 0 Å². The highest BCUT2D eigenvalue weighted by atomic mass is 35.5. The first-order valence-corrected chi connectivity index (χ1v) is 14.4. The summed E-state index contributed by atoms with van der Waals surface area (Å²) in [5.41, 5.74) is 1.78. The van der Waals surface area contributed by atoms with Crippen LogP contribution in [-0.2, 0) is 11.2 Å². The number of carbonyl (C=O) groups excluding carboxylic acids is 1. The number of carbonyl (C=O) groups is 1. The molecule has 1 amide bonds. The van der Waals surface area contributed by atoms with Gasteiger partial charge in [-0.05, 0) is 57.4 Å². The zero-order valence-electron chi connectivity index (χ0n) is 22.7. The molecule has 2 aromatic heterocycles. The van der Waals surface area contributed by atoms with Crippen LogP contribution in [0.4, 0.5) is 10.2 Å². The number of aromatic nitrogens is 4. The smallest absolute Gasteiger partial charge is 0.229 e. The van der Waals surface area contributed by atoms with Gasteiger partial charge in [0.1, 0.15) is 17.5 Å². The monoisotopic (exact) mass is 540 g/mol. The third kappa shape index (κ3) is 5.51. The lowest BCUT2D eigenvalue weighted by Gasteiger charge is -2.30. The Hall–Kier alpha value is -2.74. The molecule has 2 fully saturated rings. The fourth-order valence-corrected chi connectivity index (χ4v) is 5.87. The van der Waals surface area contributed by atoms with Crippen molar-refractivity contribution in [3.8, 4) is 5.69 Å². The second-order valence-corrected chi connectivity index (χ2v) is 11.8. The van der Waals surface area contributed by atoms with Gasteiger partial charge in [-0.1, -0.05) is 32.1 Å². The van der Waals surface area contributed by atoms with Crippen molar-refractivity contribution in [2.45, 2.75) is 65.7 Å². The van der Waals surface area contributed by atoms with Crippen LogP contribution in [0.3, 0.4) is 0 Å². The number of fused-ring (bicyclic) bond motifs is 1. The van der Waals surface area contributed by atoms with Gasteiger partial charge < -0.3 is 9.80 Å². The summed E-state index contributed by atoms with van der Waals surface area (Å²) in [6.07, 6.45) is 7.95. The van der Waals surface area contributed by atoms with Crippen LogP contribution in [0.1, 0.15) is 63.9 Å². The summed E-state index contributed by atoms with van der Waals surface area (Å²) in [5.74, 6) is 2.43. The van der Waals surface area contributed by atoms with Crippen LogP contribution in [0, 0.1) is 24.1 Å². The Labute approximate surface area is 229 Å². The second-order valence-electron chi connectivity index (χ2n) is 11.5. The van der Waals surface area contributed by atoms with Crippen LogP contribution < -0.4 is 4.90 Å². The maximum atomic E-state index is 13.7. The Kier molecular flexibility index (Phi) is 7.89. The molecular formula is C29H38ClFN6O. The molecule has 2 aliphatic rings. The van der Waals surface area contributed by atoms with Crippen molar-refractivity contribution >= 4 is 34.4 Å². The van der Waals surface area contributed by atoms with E-state index >= 15 is 0 Å². The van der Waals surface area contributed by atoms with Crippen molar-refractivity contribution in [2.24, 2.45) is 11.3 Å². The number of nitrogens with zero attached hydrogens (tertiary/aromatic N) is 6. The number of alkyl halides is 1. The molecule has 1 saturated heterocycles. The van der Waals surface area contributed by atoms with E-state index in [1.807, 2.05) is 30.4 Å². The Morgan fingerprint density at radius 3 is 2.47 bits per heavy atom. The summed E-state index contributed by atoms with van der Waals surface area (Å²) in [6, 6.07) is 6.37. The first-order chi connectivity index (χ1) is 18.3. The van der Waals surface area contributed by atoms with Crippen molar-refractivity contribution in [1.29, 1.82) is 0 Å². The molecular weight excluding hydrogens is 503 g/mol. The number of hydrogen-bond acceptors (Lipinski definition) is 5. The Balaban J connectivity index is 1.53. The zero-order valence-corrected chi connectivity index (χ0v) is 23.5. The standard InChI is InChI=1S/C29H38ClFN6O/c1-20-25-26(35-14-7-15-36(17-16-35)28(38)29(2,3)19-30)32-24(18-21-8-5-4-6-9-21)33-27(25)37(34-20)23-12-10-22(31)11-13-23/h10-13,21H,4-9,14-19H2,1-3H3. The van der Waals surface area contributed by atoms with E-state index in [9.17, 15) is 9.18 Å². The van der Waals surface area contributed by atoms with Gasteiger partial charge in [0.15, 0.2) is 5.65 Å². The van der Waals surface area contributed by atoms with E-state index in [2.05, 4.69) is 4.90 Å². The lowest BCUT2D eigenvalue weighted by atomic mass is 9.87. The quantitative estimate of drug-likeness (QED) is 0.376. The number of anilines is 1. The number of amides is 1. The number of rotatable bonds is 6. The van der Waals surface area contributed by atoms with E-state index in [0.717, 1.165) is 53.4 Å². The molecule has 1 aromatic carbocycles. The summed E-state index contributed by atoms with van der Waals surface area (Å²) in [5, 5.41) is 5.75. The molecule has 0 unspecified atom stereocenters. The van der Waals surface area contributed by atoms with E-state index in [0.29, 0.717) is 31.4 Å². The lowest BCUT2D eigenvalue weighted by Crippen LogP contribution is -2.43. The molecule has 0 radical (unpaired) electrons. The summed E-state index contributed by atoms with van der Waals surface area (Å²) >= 11 is 6.11. The van der Waals surface area contributed by atoms with Crippen molar-refractivity contribution in [1.82, 2.24) is 24.6 Å². The van der Waals surface area contributed by atoms with Crippen LogP contribution in [0.5, 0.6) is 0 Å². The first-order valence-electron chi connectivity index (χ1n) is 13.9. The Bertz CT molecular complexity index is 1280. The van der Waals surface area contributed by atoms with Gasteiger partial charge in [0.25, 0.3) is 0 Å². The zero-order chi connectivity index (χ0) is 26.9. The van der Waals surface area contributed by atoms with Crippen LogP contribution >= 0.6 is 11.6 Å². The van der Waals surface area contributed by atoms with Crippen molar-refractivity contribution < 1.29 is 9.18 Å². The lowest BCUT2D eigenvalue weighted by molar-refractivity contribution is -0.139. The molecule has 204 valence electrons. The molecule has 0 atom stereocenters. The summed E-state index contributed by atoms with van der Waals surface area (Å²) in [6.45, 7) is 8.59. The van der Waals surface area contributed by atoms with E-state index < -0.39 is 5.41 Å². The SMILES string of the molecule is Cc1nn(-c2ccc(F)cc2)c2nc(CC3CCCCC3)nc(N3CCCN(C(=O)C(C)(C)CCl)CC3)c12. The van der Waals surface area contributed by atoms with Gasteiger partial charge in [-0.2, -0.15) is 5.10 Å². The predicted molar refractivity (Wildman–Crippen MR) is 150 cm³/mol. The van der Waals surface area contributed by atoms with E-state index in [4.69, 9.17) is 26.7 Å². The predicted octanol–water partition coefficient (Wildman–Crippen LogP) is 5.69. The molecule has 38 heavy (non-hydrogen) atoms. The third-order valence-corrected chi connectivity index (χ3v) is 8.66. The van der Waals surface area contributed by atoms with Gasteiger partial charge in [0, 0.05) is 38.5 Å². The molecule has 7 nitrogen and oxygen atoms in total. The average Bonchev–Trinajstić information content (AvgIpc) is 3.09. The third-order valence-electron chi connectivity index (χ3n) is 7.99. The van der Waals surface area contributed by atoms with Gasteiger partial charge >= 0.3 is 0 Å². The van der Waals surface area contributed by atoms with E-state index in [1.165, 1.54) is 44.2 Å². The van der Waals surface area contributed by atoms with Gasteiger partial charge in [0.2, 0.25) is 5.91 Å². The molecule has 3 heterocycles. The first kappa shape index (κ1) is 26.9. The minimum Gasteiger partial charge on any atom is -0.354 e. The molecule has 5 rings (SSSR count). The van der Waals surface area contributed by atoms with Gasteiger partial charge in [-0.25, -0.2) is 19.0 Å². The summed E-state index contributed by atoms with van der Waals surface area (Å²) in [7, 11) is 0. The average molecular weight is 541 g/mol. The number of benzene rings is 1. The van der Waals surface area contributed by atoms with Crippen LogP contribution in [0.15, 0.2) is 24.3 Å². The number of aryl methyl sites for hydroxylation is 1. The molecule has 3 aromatic rings. The Morgan fingerprint density at radius 1 is 1.03 bits per heavy atom. The van der Waals surface area contributed by atoms with Crippen molar-refractivity contribution in [2.75, 3.05) is 37.0 Å². The topological polar surface area (TPSA) is 67.2 Å². The van der Waals surface area contributed by atoms with E-state index in [-0.39, 0.29) is 11.7 Å².